The number of benzene rings is 2. The van der Waals surface area contributed by atoms with E-state index in [0.29, 0.717) is 0 Å². The van der Waals surface area contributed by atoms with Crippen LogP contribution in [0.1, 0.15) is 31.4 Å². The van der Waals surface area contributed by atoms with Gasteiger partial charge in [-0.1, -0.05) is 50.6 Å². The molecule has 1 heterocycles. The van der Waals surface area contributed by atoms with E-state index < -0.39 is 0 Å². The van der Waals surface area contributed by atoms with Crippen molar-refractivity contribution in [1.82, 2.24) is 0 Å². The van der Waals surface area contributed by atoms with Crippen molar-refractivity contribution in [2.45, 2.75) is 26.3 Å². The van der Waals surface area contributed by atoms with Gasteiger partial charge < -0.3 is 10.2 Å². The van der Waals surface area contributed by atoms with Gasteiger partial charge in [-0.15, -0.1) is 0 Å². The van der Waals surface area contributed by atoms with Crippen molar-refractivity contribution in [3.8, 4) is 0 Å². The number of anilines is 2. The predicted molar refractivity (Wildman–Crippen MR) is 105 cm³/mol. The van der Waals surface area contributed by atoms with Crippen LogP contribution in [0.15, 0.2) is 53.5 Å². The maximum atomic E-state index is 12.7. The smallest absolute Gasteiger partial charge is 0.249 e. The molecule has 0 aliphatic carbocycles. The third-order valence-corrected chi connectivity index (χ3v) is 4.80. The Morgan fingerprint density at radius 1 is 1.16 bits per heavy atom. The highest BCUT2D eigenvalue weighted by Gasteiger charge is 2.29. The summed E-state index contributed by atoms with van der Waals surface area (Å²) in [4.78, 5) is 19.7. The summed E-state index contributed by atoms with van der Waals surface area (Å²) < 4.78 is 0. The molecule has 2 atom stereocenters. The molecule has 0 saturated heterocycles. The van der Waals surface area contributed by atoms with Crippen LogP contribution in [0.25, 0.3) is 0 Å². The van der Waals surface area contributed by atoms with Gasteiger partial charge in [0.05, 0.1) is 11.4 Å². The van der Waals surface area contributed by atoms with Crippen molar-refractivity contribution >= 4 is 23.0 Å². The molecule has 1 amide bonds. The second-order valence-electron chi connectivity index (χ2n) is 6.79. The van der Waals surface area contributed by atoms with Crippen LogP contribution < -0.4 is 10.2 Å². The Balaban J connectivity index is 2.21. The third-order valence-electron chi connectivity index (χ3n) is 4.80. The number of hydrogen-bond donors (Lipinski definition) is 1. The Morgan fingerprint density at radius 3 is 2.52 bits per heavy atom. The van der Waals surface area contributed by atoms with Gasteiger partial charge in [-0.3, -0.25) is 9.79 Å². The van der Waals surface area contributed by atoms with Crippen LogP contribution in [-0.2, 0) is 4.79 Å². The summed E-state index contributed by atoms with van der Waals surface area (Å²) in [5.41, 5.74) is 4.78. The van der Waals surface area contributed by atoms with Crippen molar-refractivity contribution in [1.29, 1.82) is 0 Å². The van der Waals surface area contributed by atoms with Gasteiger partial charge in [0.25, 0.3) is 0 Å². The number of rotatable bonds is 4. The fourth-order valence-electron chi connectivity index (χ4n) is 3.02. The van der Waals surface area contributed by atoms with Crippen molar-refractivity contribution < 1.29 is 4.79 Å². The number of hydrogen-bond acceptors (Lipinski definition) is 3. The van der Waals surface area contributed by atoms with E-state index in [-0.39, 0.29) is 17.9 Å². The summed E-state index contributed by atoms with van der Waals surface area (Å²) in [5.74, 6) is 0.153. The minimum atomic E-state index is -0.379. The van der Waals surface area contributed by atoms with Gasteiger partial charge >= 0.3 is 0 Å². The number of carbonyl (C=O) groups is 1. The largest absolute Gasteiger partial charge is 0.378 e. The van der Waals surface area contributed by atoms with Gasteiger partial charge in [-0.25, -0.2) is 0 Å². The van der Waals surface area contributed by atoms with Crippen LogP contribution in [-0.4, -0.2) is 31.8 Å². The van der Waals surface area contributed by atoms with Gasteiger partial charge in [0, 0.05) is 30.9 Å². The topological polar surface area (TPSA) is 44.7 Å². The van der Waals surface area contributed by atoms with Crippen LogP contribution >= 0.6 is 0 Å². The SMILES string of the molecule is CC[C@H](C)C1N=C(c2ccccc2)c2cc(N(C)C)ccc2NC1=O. The Kier molecular flexibility index (Phi) is 4.88. The van der Waals surface area contributed by atoms with Gasteiger partial charge in [0.2, 0.25) is 5.91 Å². The first-order chi connectivity index (χ1) is 12.0. The minimum absolute atomic E-state index is 0.0286. The molecule has 0 spiro atoms. The fraction of sp³-hybridized carbons (Fsp3) is 0.333. The van der Waals surface area contributed by atoms with E-state index in [9.17, 15) is 4.79 Å². The Morgan fingerprint density at radius 2 is 1.88 bits per heavy atom. The van der Waals surface area contributed by atoms with Crippen LogP contribution in [0, 0.1) is 5.92 Å². The zero-order valence-electron chi connectivity index (χ0n) is 15.3. The number of aliphatic imine (C=N–C) groups is 1. The van der Waals surface area contributed by atoms with Crippen LogP contribution in [0.5, 0.6) is 0 Å². The lowest BCUT2D eigenvalue weighted by Crippen LogP contribution is -2.31. The monoisotopic (exact) mass is 335 g/mol. The molecule has 1 aliphatic heterocycles. The van der Waals surface area contributed by atoms with E-state index >= 15 is 0 Å². The second-order valence-corrected chi connectivity index (χ2v) is 6.79. The first-order valence-corrected chi connectivity index (χ1v) is 8.77. The number of benzodiazepines with no additional fused rings is 1. The van der Waals surface area contributed by atoms with E-state index in [0.717, 1.165) is 34.6 Å². The average Bonchev–Trinajstić information content (AvgIpc) is 2.77. The lowest BCUT2D eigenvalue weighted by Gasteiger charge is -2.17. The van der Waals surface area contributed by atoms with E-state index in [1.807, 2.05) is 44.4 Å². The van der Waals surface area contributed by atoms with E-state index in [1.165, 1.54) is 0 Å². The van der Waals surface area contributed by atoms with Gasteiger partial charge in [0.1, 0.15) is 6.04 Å². The molecule has 0 aromatic heterocycles. The molecular weight excluding hydrogens is 310 g/mol. The summed E-state index contributed by atoms with van der Waals surface area (Å²) in [6.45, 7) is 4.18. The maximum Gasteiger partial charge on any atom is 0.249 e. The van der Waals surface area contributed by atoms with Crippen LogP contribution in [0.2, 0.25) is 0 Å². The molecule has 2 aromatic rings. The van der Waals surface area contributed by atoms with Crippen LogP contribution in [0.4, 0.5) is 11.4 Å². The van der Waals surface area contributed by atoms with Gasteiger partial charge in [-0.2, -0.15) is 0 Å². The van der Waals surface area contributed by atoms with Gasteiger partial charge in [-0.05, 0) is 24.1 Å². The molecular formula is C21H25N3O. The van der Waals surface area contributed by atoms with Crippen molar-refractivity contribution in [2.24, 2.45) is 10.9 Å². The summed E-state index contributed by atoms with van der Waals surface area (Å²) in [7, 11) is 4.02. The molecule has 0 saturated carbocycles. The van der Waals surface area contributed by atoms with E-state index in [1.54, 1.807) is 0 Å². The standard InChI is InChI=1S/C21H25N3O/c1-5-14(2)19-21(25)22-18-12-11-16(24(3)4)13-17(18)20(23-19)15-9-7-6-8-10-15/h6-14,19H,5H2,1-4H3,(H,22,25)/t14-,19?/m0/s1. The number of amides is 1. The molecule has 4 nitrogen and oxygen atoms in total. The molecule has 2 aromatic carbocycles. The van der Waals surface area contributed by atoms with Crippen molar-refractivity contribution in [2.75, 3.05) is 24.3 Å². The normalized spacial score (nSPS) is 17.8. The number of nitrogens with one attached hydrogen (secondary N) is 1. The second kappa shape index (κ2) is 7.09. The minimum Gasteiger partial charge on any atom is -0.378 e. The summed E-state index contributed by atoms with van der Waals surface area (Å²) >= 11 is 0. The molecule has 4 heteroatoms. The van der Waals surface area contributed by atoms with Crippen molar-refractivity contribution in [3.63, 3.8) is 0 Å². The molecule has 1 aliphatic rings. The summed E-state index contributed by atoms with van der Waals surface area (Å²) in [6.07, 6.45) is 0.906. The molecule has 0 bridgehead atoms. The molecule has 1 unspecified atom stereocenters. The summed E-state index contributed by atoms with van der Waals surface area (Å²) in [6, 6.07) is 15.8. The quantitative estimate of drug-likeness (QED) is 0.919. The highest BCUT2D eigenvalue weighted by Crippen LogP contribution is 2.30. The lowest BCUT2D eigenvalue weighted by atomic mass is 9.97. The molecule has 25 heavy (non-hydrogen) atoms. The maximum absolute atomic E-state index is 12.7. The highest BCUT2D eigenvalue weighted by atomic mass is 16.2. The average molecular weight is 335 g/mol. The van der Waals surface area contributed by atoms with Crippen molar-refractivity contribution in [3.05, 3.63) is 59.7 Å². The van der Waals surface area contributed by atoms with Crippen LogP contribution in [0.3, 0.4) is 0 Å². The van der Waals surface area contributed by atoms with E-state index in [4.69, 9.17) is 4.99 Å². The van der Waals surface area contributed by atoms with E-state index in [2.05, 4.69) is 42.3 Å². The fourth-order valence-corrected chi connectivity index (χ4v) is 3.02. The third kappa shape index (κ3) is 3.43. The summed E-state index contributed by atoms with van der Waals surface area (Å²) in [5, 5.41) is 3.08. The molecule has 1 N–H and O–H groups in total. The zero-order valence-corrected chi connectivity index (χ0v) is 15.3. The van der Waals surface area contributed by atoms with Gasteiger partial charge in [0.15, 0.2) is 0 Å². The Bertz CT molecular complexity index is 796. The zero-order chi connectivity index (χ0) is 18.0. The molecule has 0 radical (unpaired) electrons. The highest BCUT2D eigenvalue weighted by molar-refractivity contribution is 6.20. The molecule has 0 fully saturated rings. The molecule has 3 rings (SSSR count). The molecule has 130 valence electrons. The predicted octanol–water partition coefficient (Wildman–Crippen LogP) is 3.96. The first-order valence-electron chi connectivity index (χ1n) is 8.77. The lowest BCUT2D eigenvalue weighted by molar-refractivity contribution is -0.118. The Labute approximate surface area is 149 Å². The first kappa shape index (κ1) is 17.2. The number of carbonyl (C=O) groups excluding carboxylic acids is 1. The number of nitrogens with zero attached hydrogens (tertiary/aromatic N) is 2. The Hall–Kier alpha value is -2.62. The number of fused-ring (bicyclic) bond motifs is 1.